The molecule has 0 aliphatic carbocycles. The first-order chi connectivity index (χ1) is 17.4. The summed E-state index contributed by atoms with van der Waals surface area (Å²) >= 11 is 0. The fourth-order valence-electron chi connectivity index (χ4n) is 3.64. The standard InChI is InChI=1S/C25H19F6N3O3/c1-15-9-16(5-6-17(15)14-35)22-12-33-23-21(32-8-7-24(26,27)28)11-20(13-34(22)23)36-18-3-2-4-19(10-18)37-25(29,30)31/h2-6,9-14,32H,7-8H2,1H3. The van der Waals surface area contributed by atoms with Crippen molar-refractivity contribution in [1.29, 1.82) is 0 Å². The van der Waals surface area contributed by atoms with Crippen LogP contribution < -0.4 is 14.8 Å². The molecule has 0 fully saturated rings. The van der Waals surface area contributed by atoms with E-state index in [2.05, 4.69) is 15.0 Å². The van der Waals surface area contributed by atoms with Crippen LogP contribution in [0.3, 0.4) is 0 Å². The summed E-state index contributed by atoms with van der Waals surface area (Å²) in [7, 11) is 0. The van der Waals surface area contributed by atoms with Crippen LogP contribution >= 0.6 is 0 Å². The topological polar surface area (TPSA) is 64.9 Å². The number of carbonyl (C=O) groups is 1. The predicted molar refractivity (Wildman–Crippen MR) is 123 cm³/mol. The van der Waals surface area contributed by atoms with Crippen molar-refractivity contribution in [3.63, 3.8) is 0 Å². The fourth-order valence-corrected chi connectivity index (χ4v) is 3.64. The molecular weight excluding hydrogens is 504 g/mol. The lowest BCUT2D eigenvalue weighted by Crippen LogP contribution is -2.17. The van der Waals surface area contributed by atoms with Crippen LogP contribution in [0.2, 0.25) is 0 Å². The fraction of sp³-hybridized carbons (Fsp3) is 0.200. The Kier molecular flexibility index (Phi) is 7.01. The molecule has 6 nitrogen and oxygen atoms in total. The number of hydrogen-bond acceptors (Lipinski definition) is 5. The molecule has 0 radical (unpaired) electrons. The van der Waals surface area contributed by atoms with Gasteiger partial charge in [-0.25, -0.2) is 4.98 Å². The van der Waals surface area contributed by atoms with E-state index in [-0.39, 0.29) is 17.2 Å². The summed E-state index contributed by atoms with van der Waals surface area (Å²) in [6, 6.07) is 11.3. The highest BCUT2D eigenvalue weighted by molar-refractivity contribution is 5.80. The Balaban J connectivity index is 1.74. The Bertz CT molecular complexity index is 1430. The number of nitrogens with one attached hydrogen (secondary N) is 1. The highest BCUT2D eigenvalue weighted by Crippen LogP contribution is 2.34. The Hall–Kier alpha value is -4.22. The third-order valence-electron chi connectivity index (χ3n) is 5.27. The second kappa shape index (κ2) is 10.0. The molecule has 0 aliphatic rings. The van der Waals surface area contributed by atoms with E-state index in [9.17, 15) is 31.1 Å². The highest BCUT2D eigenvalue weighted by Gasteiger charge is 2.31. The minimum absolute atomic E-state index is 0.00943. The van der Waals surface area contributed by atoms with Gasteiger partial charge in [-0.1, -0.05) is 18.2 Å². The van der Waals surface area contributed by atoms with Gasteiger partial charge in [0.25, 0.3) is 0 Å². The van der Waals surface area contributed by atoms with Crippen LogP contribution in [0.25, 0.3) is 16.9 Å². The van der Waals surface area contributed by atoms with E-state index in [1.807, 2.05) is 0 Å². The van der Waals surface area contributed by atoms with Crippen LogP contribution in [0.4, 0.5) is 32.0 Å². The molecule has 0 amide bonds. The number of rotatable bonds is 8. The Morgan fingerprint density at radius 2 is 1.76 bits per heavy atom. The zero-order valence-electron chi connectivity index (χ0n) is 19.2. The predicted octanol–water partition coefficient (Wildman–Crippen LogP) is 7.18. The summed E-state index contributed by atoms with van der Waals surface area (Å²) in [4.78, 5) is 15.5. The molecule has 194 valence electrons. The monoisotopic (exact) mass is 523 g/mol. The number of ether oxygens (including phenoxy) is 2. The summed E-state index contributed by atoms with van der Waals surface area (Å²) in [5, 5.41) is 2.70. The first kappa shape index (κ1) is 25.9. The van der Waals surface area contributed by atoms with Crippen molar-refractivity contribution in [3.05, 3.63) is 72.1 Å². The van der Waals surface area contributed by atoms with Crippen molar-refractivity contribution in [2.24, 2.45) is 0 Å². The summed E-state index contributed by atoms with van der Waals surface area (Å²) in [6.45, 7) is 1.32. The van der Waals surface area contributed by atoms with Gasteiger partial charge < -0.3 is 14.8 Å². The maximum atomic E-state index is 12.7. The van der Waals surface area contributed by atoms with Crippen LogP contribution in [0.15, 0.2) is 60.9 Å². The van der Waals surface area contributed by atoms with Gasteiger partial charge in [0, 0.05) is 29.8 Å². The molecule has 0 saturated heterocycles. The number of nitrogens with zero attached hydrogens (tertiary/aromatic N) is 2. The number of alkyl halides is 6. The number of benzene rings is 2. The second-order valence-corrected chi connectivity index (χ2v) is 8.03. The van der Waals surface area contributed by atoms with Crippen molar-refractivity contribution in [1.82, 2.24) is 9.38 Å². The van der Waals surface area contributed by atoms with Crippen molar-refractivity contribution in [2.75, 3.05) is 11.9 Å². The van der Waals surface area contributed by atoms with E-state index in [0.29, 0.717) is 28.0 Å². The zero-order chi connectivity index (χ0) is 26.8. The number of pyridine rings is 1. The van der Waals surface area contributed by atoms with E-state index >= 15 is 0 Å². The van der Waals surface area contributed by atoms with Gasteiger partial charge in [-0.3, -0.25) is 9.20 Å². The molecular formula is C25H19F6N3O3. The number of imidazole rings is 1. The molecule has 0 atom stereocenters. The maximum Gasteiger partial charge on any atom is 0.573 e. The minimum atomic E-state index is -4.89. The van der Waals surface area contributed by atoms with Gasteiger partial charge in [0.1, 0.15) is 23.5 Å². The van der Waals surface area contributed by atoms with Crippen LogP contribution in [-0.2, 0) is 0 Å². The lowest BCUT2D eigenvalue weighted by molar-refractivity contribution is -0.274. The molecule has 2 aromatic carbocycles. The first-order valence-electron chi connectivity index (χ1n) is 10.8. The number of hydrogen-bond donors (Lipinski definition) is 1. The molecule has 2 aromatic heterocycles. The normalized spacial score (nSPS) is 12.0. The molecule has 0 spiro atoms. The van der Waals surface area contributed by atoms with Crippen molar-refractivity contribution in [3.8, 4) is 28.5 Å². The van der Waals surface area contributed by atoms with Gasteiger partial charge in [-0.15, -0.1) is 13.2 Å². The van der Waals surface area contributed by atoms with E-state index < -0.39 is 31.3 Å². The van der Waals surface area contributed by atoms with Crippen molar-refractivity contribution in [2.45, 2.75) is 25.9 Å². The van der Waals surface area contributed by atoms with Crippen LogP contribution in [0, 0.1) is 6.92 Å². The van der Waals surface area contributed by atoms with Gasteiger partial charge in [0.15, 0.2) is 5.65 Å². The molecule has 0 bridgehead atoms. The van der Waals surface area contributed by atoms with E-state index in [4.69, 9.17) is 4.74 Å². The molecule has 12 heteroatoms. The molecule has 1 N–H and O–H groups in total. The Morgan fingerprint density at radius 1 is 1.00 bits per heavy atom. The Labute approximate surface area is 206 Å². The smallest absolute Gasteiger partial charge is 0.456 e. The highest BCUT2D eigenvalue weighted by atomic mass is 19.4. The zero-order valence-corrected chi connectivity index (χ0v) is 19.2. The third-order valence-corrected chi connectivity index (χ3v) is 5.27. The van der Waals surface area contributed by atoms with Gasteiger partial charge in [0.05, 0.1) is 30.2 Å². The lowest BCUT2D eigenvalue weighted by Gasteiger charge is -2.14. The quantitative estimate of drug-likeness (QED) is 0.196. The lowest BCUT2D eigenvalue weighted by atomic mass is 10.0. The summed E-state index contributed by atoms with van der Waals surface area (Å²) in [5.41, 5.74) is 2.95. The summed E-state index contributed by atoms with van der Waals surface area (Å²) in [6.07, 6.45) is -6.63. The third kappa shape index (κ3) is 6.51. The maximum absolute atomic E-state index is 12.7. The summed E-state index contributed by atoms with van der Waals surface area (Å²) in [5.74, 6) is -0.370. The molecule has 37 heavy (non-hydrogen) atoms. The van der Waals surface area contributed by atoms with Crippen LogP contribution in [0.5, 0.6) is 17.2 Å². The number of aromatic nitrogens is 2. The van der Waals surface area contributed by atoms with Crippen LogP contribution in [-0.4, -0.2) is 34.8 Å². The van der Waals surface area contributed by atoms with E-state index in [0.717, 1.165) is 18.4 Å². The van der Waals surface area contributed by atoms with Gasteiger partial charge in [-0.05, 0) is 30.7 Å². The molecule has 0 aliphatic heterocycles. The van der Waals surface area contributed by atoms with Crippen molar-refractivity contribution < 1.29 is 40.6 Å². The van der Waals surface area contributed by atoms with Gasteiger partial charge >= 0.3 is 12.5 Å². The number of carbonyl (C=O) groups excluding carboxylic acids is 1. The van der Waals surface area contributed by atoms with E-state index in [1.54, 1.807) is 29.5 Å². The Morgan fingerprint density at radius 3 is 2.43 bits per heavy atom. The van der Waals surface area contributed by atoms with Crippen molar-refractivity contribution >= 4 is 17.6 Å². The average molecular weight is 523 g/mol. The molecule has 4 aromatic rings. The van der Waals surface area contributed by atoms with E-state index in [1.165, 1.54) is 30.6 Å². The number of aldehydes is 1. The number of fused-ring (bicyclic) bond motifs is 1. The van der Waals surface area contributed by atoms with Crippen LogP contribution in [0.1, 0.15) is 22.3 Å². The summed E-state index contributed by atoms with van der Waals surface area (Å²) < 4.78 is 87.2. The number of anilines is 1. The molecule has 2 heterocycles. The second-order valence-electron chi connectivity index (χ2n) is 8.03. The SMILES string of the molecule is Cc1cc(-c2cnc3c(NCCC(F)(F)F)cc(Oc4cccc(OC(F)(F)F)c4)cn23)ccc1C=O. The molecule has 0 saturated carbocycles. The number of aryl methyl sites for hydroxylation is 1. The minimum Gasteiger partial charge on any atom is -0.456 e. The average Bonchev–Trinajstić information content (AvgIpc) is 3.21. The largest absolute Gasteiger partial charge is 0.573 e. The molecule has 4 rings (SSSR count). The first-order valence-corrected chi connectivity index (χ1v) is 10.8. The van der Waals surface area contributed by atoms with Gasteiger partial charge in [0.2, 0.25) is 0 Å². The molecule has 0 unspecified atom stereocenters. The van der Waals surface area contributed by atoms with Gasteiger partial charge in [-0.2, -0.15) is 13.2 Å². The number of halogens is 6.